The normalized spacial score (nSPS) is 11.8. The van der Waals surface area contributed by atoms with Crippen molar-refractivity contribution >= 4 is 27.5 Å². The summed E-state index contributed by atoms with van der Waals surface area (Å²) in [6, 6.07) is 11.5. The molecule has 1 aromatic heterocycles. The first-order valence-electron chi connectivity index (χ1n) is 8.97. The molecule has 0 aliphatic rings. The summed E-state index contributed by atoms with van der Waals surface area (Å²) in [6.07, 6.45) is 3.43. The molecule has 0 saturated heterocycles. The van der Waals surface area contributed by atoms with Crippen molar-refractivity contribution in [2.45, 2.75) is 26.2 Å². The molecular formula is C21H24N2O3S. The maximum atomic E-state index is 12.6. The van der Waals surface area contributed by atoms with Crippen LogP contribution in [0.4, 0.5) is 0 Å². The van der Waals surface area contributed by atoms with Crippen molar-refractivity contribution in [3.63, 3.8) is 0 Å². The molecule has 0 aliphatic carbocycles. The van der Waals surface area contributed by atoms with Crippen LogP contribution in [0.3, 0.4) is 0 Å². The van der Waals surface area contributed by atoms with Crippen LogP contribution in [0.15, 0.2) is 41.4 Å². The first kappa shape index (κ1) is 19.2. The molecule has 0 unspecified atom stereocenters. The fourth-order valence-corrected chi connectivity index (χ4v) is 4.02. The maximum absolute atomic E-state index is 12.6. The highest BCUT2D eigenvalue weighted by Gasteiger charge is 2.11. The molecule has 142 valence electrons. The van der Waals surface area contributed by atoms with Gasteiger partial charge in [-0.25, -0.2) is 0 Å². The molecule has 3 aromatic rings. The Labute approximate surface area is 162 Å². The van der Waals surface area contributed by atoms with Gasteiger partial charge in [0.1, 0.15) is 0 Å². The van der Waals surface area contributed by atoms with Gasteiger partial charge in [0, 0.05) is 12.6 Å². The topological polar surface area (TPSA) is 52.8 Å². The summed E-state index contributed by atoms with van der Waals surface area (Å²) in [4.78, 5) is 17.7. The monoisotopic (exact) mass is 384 g/mol. The zero-order valence-corrected chi connectivity index (χ0v) is 16.9. The van der Waals surface area contributed by atoms with E-state index in [-0.39, 0.29) is 5.91 Å². The van der Waals surface area contributed by atoms with Gasteiger partial charge in [0.05, 0.1) is 24.4 Å². The largest absolute Gasteiger partial charge is 0.493 e. The van der Waals surface area contributed by atoms with E-state index in [0.29, 0.717) is 21.9 Å². The average molecular weight is 385 g/mol. The number of benzene rings is 2. The van der Waals surface area contributed by atoms with E-state index in [1.54, 1.807) is 32.4 Å². The van der Waals surface area contributed by atoms with Gasteiger partial charge in [-0.2, -0.15) is 4.99 Å². The van der Waals surface area contributed by atoms with Gasteiger partial charge in [-0.05, 0) is 48.7 Å². The number of hydrogen-bond donors (Lipinski definition) is 0. The Balaban J connectivity index is 1.97. The van der Waals surface area contributed by atoms with Gasteiger partial charge in [-0.1, -0.05) is 30.7 Å². The second-order valence-corrected chi connectivity index (χ2v) is 7.35. The minimum atomic E-state index is -0.302. The number of amides is 1. The van der Waals surface area contributed by atoms with Crippen LogP contribution in [0.25, 0.3) is 10.2 Å². The van der Waals surface area contributed by atoms with Crippen molar-refractivity contribution in [3.05, 3.63) is 52.3 Å². The van der Waals surface area contributed by atoms with Crippen molar-refractivity contribution in [1.82, 2.24) is 4.57 Å². The Morgan fingerprint density at radius 1 is 1.11 bits per heavy atom. The Kier molecular flexibility index (Phi) is 5.96. The zero-order valence-electron chi connectivity index (χ0n) is 16.1. The van der Waals surface area contributed by atoms with E-state index in [2.05, 4.69) is 30.1 Å². The molecule has 2 aromatic carbocycles. The number of carbonyl (C=O) groups is 1. The van der Waals surface area contributed by atoms with E-state index in [1.165, 1.54) is 29.7 Å². The molecule has 0 radical (unpaired) electrons. The molecule has 0 atom stereocenters. The first-order valence-corrected chi connectivity index (χ1v) is 9.78. The SMILES string of the molecule is CCCCc1ccc2c(c1)sc(=NC(=O)c1ccc(OC)c(OC)c1)n2C. The minimum Gasteiger partial charge on any atom is -0.493 e. The molecule has 1 heterocycles. The second kappa shape index (κ2) is 8.39. The van der Waals surface area contributed by atoms with Gasteiger partial charge >= 0.3 is 0 Å². The number of thiazole rings is 1. The number of carbonyl (C=O) groups excluding carboxylic acids is 1. The number of aromatic nitrogens is 1. The van der Waals surface area contributed by atoms with Gasteiger partial charge in [0.15, 0.2) is 16.3 Å². The van der Waals surface area contributed by atoms with E-state index in [9.17, 15) is 4.79 Å². The number of hydrogen-bond acceptors (Lipinski definition) is 4. The Morgan fingerprint density at radius 2 is 1.89 bits per heavy atom. The molecule has 27 heavy (non-hydrogen) atoms. The number of ether oxygens (including phenoxy) is 2. The highest BCUT2D eigenvalue weighted by molar-refractivity contribution is 7.16. The summed E-state index contributed by atoms with van der Waals surface area (Å²) >= 11 is 1.53. The number of aryl methyl sites for hydroxylation is 2. The van der Waals surface area contributed by atoms with Crippen molar-refractivity contribution in [3.8, 4) is 11.5 Å². The number of unbranched alkanes of at least 4 members (excludes halogenated alkanes) is 1. The summed E-state index contributed by atoms with van der Waals surface area (Å²) in [5.74, 6) is 0.797. The van der Waals surface area contributed by atoms with Crippen LogP contribution in [0.5, 0.6) is 11.5 Å². The van der Waals surface area contributed by atoms with Gasteiger partial charge in [-0.3, -0.25) is 4.79 Å². The first-order chi connectivity index (χ1) is 13.1. The lowest BCUT2D eigenvalue weighted by atomic mass is 10.1. The molecule has 0 bridgehead atoms. The van der Waals surface area contributed by atoms with E-state index in [0.717, 1.165) is 16.6 Å². The Hall–Kier alpha value is -2.60. The highest BCUT2D eigenvalue weighted by Crippen LogP contribution is 2.28. The molecule has 0 fully saturated rings. The van der Waals surface area contributed by atoms with Crippen molar-refractivity contribution < 1.29 is 14.3 Å². The molecule has 0 spiro atoms. The number of rotatable bonds is 6. The lowest BCUT2D eigenvalue weighted by molar-refractivity contribution is 0.0997. The molecular weight excluding hydrogens is 360 g/mol. The van der Waals surface area contributed by atoms with Crippen LogP contribution in [-0.4, -0.2) is 24.7 Å². The quantitative estimate of drug-likeness (QED) is 0.635. The number of fused-ring (bicyclic) bond motifs is 1. The van der Waals surface area contributed by atoms with Gasteiger partial charge in [0.25, 0.3) is 5.91 Å². The molecule has 1 amide bonds. The predicted octanol–water partition coefficient (Wildman–Crippen LogP) is 4.34. The van der Waals surface area contributed by atoms with Crippen LogP contribution in [0.2, 0.25) is 0 Å². The van der Waals surface area contributed by atoms with Crippen molar-refractivity contribution in [1.29, 1.82) is 0 Å². The predicted molar refractivity (Wildman–Crippen MR) is 109 cm³/mol. The van der Waals surface area contributed by atoms with E-state index in [4.69, 9.17) is 9.47 Å². The third kappa shape index (κ3) is 4.06. The average Bonchev–Trinajstić information content (AvgIpc) is 3.00. The van der Waals surface area contributed by atoms with Gasteiger partial charge in [-0.15, -0.1) is 0 Å². The molecule has 0 N–H and O–H groups in total. The van der Waals surface area contributed by atoms with Crippen LogP contribution in [-0.2, 0) is 13.5 Å². The summed E-state index contributed by atoms with van der Waals surface area (Å²) in [5.41, 5.74) is 2.87. The summed E-state index contributed by atoms with van der Waals surface area (Å²) in [5, 5.41) is 0. The molecule has 5 nitrogen and oxygen atoms in total. The molecule has 6 heteroatoms. The third-order valence-electron chi connectivity index (χ3n) is 4.52. The summed E-state index contributed by atoms with van der Waals surface area (Å²) in [6.45, 7) is 2.19. The Morgan fingerprint density at radius 3 is 2.59 bits per heavy atom. The van der Waals surface area contributed by atoms with Crippen LogP contribution >= 0.6 is 11.3 Å². The number of methoxy groups -OCH3 is 2. The highest BCUT2D eigenvalue weighted by atomic mass is 32.1. The Bertz CT molecular complexity index is 1030. The minimum absolute atomic E-state index is 0.302. The standard InChI is InChI=1S/C21H24N2O3S/c1-5-6-7-14-8-10-16-19(12-14)27-21(23(16)2)22-20(24)15-9-11-17(25-3)18(13-15)26-4/h8-13H,5-7H2,1-4H3. The molecule has 0 aliphatic heterocycles. The lowest BCUT2D eigenvalue weighted by Crippen LogP contribution is -2.13. The summed E-state index contributed by atoms with van der Waals surface area (Å²) in [7, 11) is 5.05. The van der Waals surface area contributed by atoms with Gasteiger partial charge in [0.2, 0.25) is 0 Å². The van der Waals surface area contributed by atoms with Gasteiger partial charge < -0.3 is 14.0 Å². The fraction of sp³-hybridized carbons (Fsp3) is 0.333. The number of nitrogens with zero attached hydrogens (tertiary/aromatic N) is 2. The van der Waals surface area contributed by atoms with Crippen molar-refractivity contribution in [2.75, 3.05) is 14.2 Å². The van der Waals surface area contributed by atoms with E-state index >= 15 is 0 Å². The third-order valence-corrected chi connectivity index (χ3v) is 5.62. The zero-order chi connectivity index (χ0) is 19.4. The fourth-order valence-electron chi connectivity index (χ4n) is 2.94. The molecule has 3 rings (SSSR count). The van der Waals surface area contributed by atoms with E-state index < -0.39 is 0 Å². The van der Waals surface area contributed by atoms with Crippen LogP contribution in [0.1, 0.15) is 35.7 Å². The lowest BCUT2D eigenvalue weighted by Gasteiger charge is -2.07. The second-order valence-electron chi connectivity index (χ2n) is 6.34. The summed E-state index contributed by atoms with van der Waals surface area (Å²) < 4.78 is 13.6. The smallest absolute Gasteiger partial charge is 0.279 e. The van der Waals surface area contributed by atoms with Crippen molar-refractivity contribution in [2.24, 2.45) is 12.0 Å². The maximum Gasteiger partial charge on any atom is 0.279 e. The van der Waals surface area contributed by atoms with Crippen LogP contribution in [0, 0.1) is 0 Å². The van der Waals surface area contributed by atoms with Crippen LogP contribution < -0.4 is 14.3 Å². The van der Waals surface area contributed by atoms with E-state index in [1.807, 2.05) is 11.6 Å². The molecule has 0 saturated carbocycles.